The lowest BCUT2D eigenvalue weighted by Crippen LogP contribution is -2.45. The van der Waals surface area contributed by atoms with Crippen molar-refractivity contribution in [2.75, 3.05) is 18.0 Å². The van der Waals surface area contributed by atoms with Gasteiger partial charge >= 0.3 is 6.03 Å². The van der Waals surface area contributed by atoms with E-state index >= 15 is 0 Å². The average molecular weight is 356 g/mol. The highest BCUT2D eigenvalue weighted by Crippen LogP contribution is 2.21. The zero-order valence-corrected chi connectivity index (χ0v) is 14.2. The van der Waals surface area contributed by atoms with Gasteiger partial charge in [-0.3, -0.25) is 14.9 Å². The van der Waals surface area contributed by atoms with Crippen LogP contribution in [0.2, 0.25) is 0 Å². The molecule has 0 saturated carbocycles. The van der Waals surface area contributed by atoms with Crippen LogP contribution in [0.25, 0.3) is 0 Å². The monoisotopic (exact) mass is 356 g/mol. The molecule has 2 fully saturated rings. The molecule has 3 rings (SSSR count). The molecular weight excluding hydrogens is 336 g/mol. The zero-order chi connectivity index (χ0) is 18.5. The van der Waals surface area contributed by atoms with E-state index in [1.807, 2.05) is 0 Å². The van der Waals surface area contributed by atoms with Crippen molar-refractivity contribution in [3.05, 3.63) is 23.9 Å². The van der Waals surface area contributed by atoms with E-state index in [0.717, 1.165) is 12.8 Å². The molecule has 136 valence electrons. The number of nitriles is 1. The highest BCUT2D eigenvalue weighted by molar-refractivity contribution is 6.04. The fraction of sp³-hybridized carbons (Fsp3) is 0.471. The molecule has 0 aromatic carbocycles. The maximum absolute atomic E-state index is 12.1. The van der Waals surface area contributed by atoms with Crippen LogP contribution in [0, 0.1) is 11.3 Å². The number of anilines is 1. The van der Waals surface area contributed by atoms with Gasteiger partial charge in [0.25, 0.3) is 5.91 Å². The molecule has 1 aromatic heterocycles. The van der Waals surface area contributed by atoms with Gasteiger partial charge in [0.05, 0.1) is 5.56 Å². The van der Waals surface area contributed by atoms with Crippen LogP contribution in [0.1, 0.15) is 31.2 Å². The standard InChI is InChI=1S/C17H20N6O3/c18-10-11-2-1-7-19-15(11)23-8-5-12(6-9-23)20-14(24)4-3-13-16(25)22-17(26)21-13/h1-2,7,12-13H,3-6,8-9H2,(H,20,24)(H2,21,22,25,26). The predicted molar refractivity (Wildman–Crippen MR) is 92.0 cm³/mol. The number of piperidine rings is 1. The van der Waals surface area contributed by atoms with Gasteiger partial charge in [0.1, 0.15) is 17.9 Å². The fourth-order valence-corrected chi connectivity index (χ4v) is 3.21. The Hall–Kier alpha value is -3.15. The summed E-state index contributed by atoms with van der Waals surface area (Å²) in [6, 6.07) is 4.54. The van der Waals surface area contributed by atoms with Crippen LogP contribution in [0.4, 0.5) is 10.6 Å². The van der Waals surface area contributed by atoms with Crippen molar-refractivity contribution in [1.82, 2.24) is 20.9 Å². The summed E-state index contributed by atoms with van der Waals surface area (Å²) in [6.07, 6.45) is 3.64. The van der Waals surface area contributed by atoms with Crippen molar-refractivity contribution < 1.29 is 14.4 Å². The smallest absolute Gasteiger partial charge is 0.322 e. The summed E-state index contributed by atoms with van der Waals surface area (Å²) in [5.74, 6) is 0.162. The second-order valence-corrected chi connectivity index (χ2v) is 6.37. The Balaban J connectivity index is 1.44. The number of pyridine rings is 1. The number of urea groups is 1. The highest BCUT2D eigenvalue weighted by atomic mass is 16.2. The molecule has 9 nitrogen and oxygen atoms in total. The molecule has 26 heavy (non-hydrogen) atoms. The Labute approximate surface area is 150 Å². The number of aromatic nitrogens is 1. The van der Waals surface area contributed by atoms with Crippen LogP contribution >= 0.6 is 0 Å². The number of amides is 4. The minimum Gasteiger partial charge on any atom is -0.355 e. The number of hydrogen-bond acceptors (Lipinski definition) is 6. The van der Waals surface area contributed by atoms with E-state index in [9.17, 15) is 19.6 Å². The first kappa shape index (κ1) is 17.7. The van der Waals surface area contributed by atoms with Gasteiger partial charge in [-0.1, -0.05) is 0 Å². The Kier molecular flexibility index (Phi) is 5.31. The van der Waals surface area contributed by atoms with Crippen molar-refractivity contribution >= 4 is 23.7 Å². The summed E-state index contributed by atoms with van der Waals surface area (Å²) in [7, 11) is 0. The number of nitrogens with one attached hydrogen (secondary N) is 3. The second-order valence-electron chi connectivity index (χ2n) is 6.37. The van der Waals surface area contributed by atoms with Gasteiger partial charge in [0, 0.05) is 31.7 Å². The molecule has 1 aromatic rings. The van der Waals surface area contributed by atoms with Crippen molar-refractivity contribution in [2.45, 2.75) is 37.8 Å². The van der Waals surface area contributed by atoms with Crippen LogP contribution in [0.15, 0.2) is 18.3 Å². The third kappa shape index (κ3) is 4.08. The Morgan fingerprint density at radius 1 is 1.38 bits per heavy atom. The number of carbonyl (C=O) groups excluding carboxylic acids is 3. The summed E-state index contributed by atoms with van der Waals surface area (Å²) in [5.41, 5.74) is 0.548. The number of carbonyl (C=O) groups is 3. The summed E-state index contributed by atoms with van der Waals surface area (Å²) in [4.78, 5) is 40.9. The van der Waals surface area contributed by atoms with Crippen molar-refractivity contribution in [2.24, 2.45) is 0 Å². The van der Waals surface area contributed by atoms with E-state index in [1.54, 1.807) is 18.3 Å². The first-order valence-corrected chi connectivity index (χ1v) is 8.57. The zero-order valence-electron chi connectivity index (χ0n) is 14.2. The Bertz CT molecular complexity index is 751. The van der Waals surface area contributed by atoms with Gasteiger partial charge < -0.3 is 15.5 Å². The van der Waals surface area contributed by atoms with Gasteiger partial charge in [-0.05, 0) is 31.4 Å². The Morgan fingerprint density at radius 2 is 2.15 bits per heavy atom. The SMILES string of the molecule is N#Cc1cccnc1N1CCC(NC(=O)CCC2NC(=O)NC2=O)CC1. The van der Waals surface area contributed by atoms with E-state index in [0.29, 0.717) is 24.5 Å². The quantitative estimate of drug-likeness (QED) is 0.639. The lowest BCUT2D eigenvalue weighted by Gasteiger charge is -2.33. The molecule has 4 amide bonds. The average Bonchev–Trinajstić information content (AvgIpc) is 2.98. The van der Waals surface area contributed by atoms with Gasteiger partial charge in [-0.15, -0.1) is 0 Å². The predicted octanol–water partition coefficient (Wildman–Crippen LogP) is 0.0265. The van der Waals surface area contributed by atoms with Crippen LogP contribution in [0.5, 0.6) is 0 Å². The third-order valence-electron chi connectivity index (χ3n) is 4.59. The minimum absolute atomic E-state index is 0.0555. The van der Waals surface area contributed by atoms with E-state index in [2.05, 4.69) is 31.9 Å². The minimum atomic E-state index is -0.636. The molecule has 0 radical (unpaired) electrons. The molecule has 2 saturated heterocycles. The molecule has 0 aliphatic carbocycles. The molecule has 9 heteroatoms. The summed E-state index contributed by atoms with van der Waals surface area (Å²) >= 11 is 0. The summed E-state index contributed by atoms with van der Waals surface area (Å²) in [5, 5.41) is 16.8. The van der Waals surface area contributed by atoms with Crippen LogP contribution in [-0.2, 0) is 9.59 Å². The highest BCUT2D eigenvalue weighted by Gasteiger charge is 2.30. The molecular formula is C17H20N6O3. The topological polar surface area (TPSA) is 127 Å². The Morgan fingerprint density at radius 3 is 2.81 bits per heavy atom. The van der Waals surface area contributed by atoms with Gasteiger partial charge in [-0.2, -0.15) is 5.26 Å². The van der Waals surface area contributed by atoms with Crippen molar-refractivity contribution in [3.63, 3.8) is 0 Å². The lowest BCUT2D eigenvalue weighted by atomic mass is 10.0. The maximum Gasteiger partial charge on any atom is 0.322 e. The third-order valence-corrected chi connectivity index (χ3v) is 4.59. The molecule has 1 unspecified atom stereocenters. The molecule has 3 N–H and O–H groups in total. The summed E-state index contributed by atoms with van der Waals surface area (Å²) < 4.78 is 0. The lowest BCUT2D eigenvalue weighted by molar-refractivity contribution is -0.122. The van der Waals surface area contributed by atoms with Crippen molar-refractivity contribution in [1.29, 1.82) is 5.26 Å². The van der Waals surface area contributed by atoms with E-state index in [4.69, 9.17) is 0 Å². The maximum atomic E-state index is 12.1. The van der Waals surface area contributed by atoms with Gasteiger partial charge in [0.15, 0.2) is 0 Å². The van der Waals surface area contributed by atoms with E-state index in [-0.39, 0.29) is 30.7 Å². The van der Waals surface area contributed by atoms with Crippen LogP contribution < -0.4 is 20.9 Å². The van der Waals surface area contributed by atoms with Crippen molar-refractivity contribution in [3.8, 4) is 6.07 Å². The molecule has 0 spiro atoms. The number of imide groups is 1. The molecule has 2 aliphatic heterocycles. The number of hydrogen-bond donors (Lipinski definition) is 3. The fourth-order valence-electron chi connectivity index (χ4n) is 3.21. The van der Waals surface area contributed by atoms with Gasteiger partial charge in [0.2, 0.25) is 5.91 Å². The normalized spacial score (nSPS) is 20.3. The first-order valence-electron chi connectivity index (χ1n) is 8.57. The van der Waals surface area contributed by atoms with E-state index < -0.39 is 12.1 Å². The second kappa shape index (κ2) is 7.82. The molecule has 0 bridgehead atoms. The van der Waals surface area contributed by atoms with Gasteiger partial charge in [-0.25, -0.2) is 9.78 Å². The molecule has 3 heterocycles. The van der Waals surface area contributed by atoms with E-state index in [1.165, 1.54) is 0 Å². The number of rotatable bonds is 5. The first-order chi connectivity index (χ1) is 12.6. The molecule has 1 atom stereocenters. The number of nitrogens with zero attached hydrogens (tertiary/aromatic N) is 3. The van der Waals surface area contributed by atoms with Crippen LogP contribution in [0.3, 0.4) is 0 Å². The molecule has 2 aliphatic rings. The largest absolute Gasteiger partial charge is 0.355 e. The van der Waals surface area contributed by atoms with Crippen LogP contribution in [-0.4, -0.2) is 48.0 Å². The summed E-state index contributed by atoms with van der Waals surface area (Å²) in [6.45, 7) is 1.41.